The average molecular weight is 719 g/mol. The predicted octanol–water partition coefficient (Wildman–Crippen LogP) is 2.94. The van der Waals surface area contributed by atoms with E-state index in [1.54, 1.807) is 27.7 Å². The van der Waals surface area contributed by atoms with Gasteiger partial charge in [0.25, 0.3) is 0 Å². The quantitative estimate of drug-likeness (QED) is 0.276. The van der Waals surface area contributed by atoms with Crippen molar-refractivity contribution in [2.45, 2.75) is 109 Å². The lowest BCUT2D eigenvalue weighted by Gasteiger charge is -2.66. The first-order chi connectivity index (χ1) is 23.8. The van der Waals surface area contributed by atoms with Crippen LogP contribution in [0.2, 0.25) is 0 Å². The Bertz CT molecular complexity index is 1660. The molecule has 9 atom stereocenters. The number of hydrogen-bond donors (Lipinski definition) is 1. The Morgan fingerprint density at radius 2 is 1.31 bits per heavy atom. The van der Waals surface area contributed by atoms with Crippen LogP contribution in [0.1, 0.15) is 82.5 Å². The van der Waals surface area contributed by atoms with Crippen molar-refractivity contribution in [1.29, 1.82) is 0 Å². The molecule has 1 aliphatic heterocycles. The molecule has 1 spiro atoms. The second kappa shape index (κ2) is 13.5. The van der Waals surface area contributed by atoms with Crippen LogP contribution in [-0.4, -0.2) is 94.9 Å². The summed E-state index contributed by atoms with van der Waals surface area (Å²) in [6.07, 6.45) is -4.13. The lowest BCUT2D eigenvalue weighted by molar-refractivity contribution is -0.363. The number of aliphatic hydroxyl groups is 1. The van der Waals surface area contributed by atoms with Gasteiger partial charge in [-0.3, -0.25) is 19.2 Å². The van der Waals surface area contributed by atoms with Gasteiger partial charge in [0.05, 0.1) is 46.7 Å². The molecule has 3 fully saturated rings. The lowest BCUT2D eigenvalue weighted by Crippen LogP contribution is -2.85. The molecular weight excluding hydrogens is 676 g/mol. The van der Waals surface area contributed by atoms with Crippen LogP contribution in [0, 0.1) is 17.3 Å². The molecule has 16 heteroatoms. The smallest absolute Gasteiger partial charge is 0.341 e. The normalized spacial score (nSPS) is 33.4. The van der Waals surface area contributed by atoms with Gasteiger partial charge in [-0.2, -0.15) is 0 Å². The Morgan fingerprint density at radius 1 is 0.784 bits per heavy atom. The zero-order valence-electron chi connectivity index (χ0n) is 29.5. The molecule has 2 aromatic heterocycles. The zero-order valence-corrected chi connectivity index (χ0v) is 29.5. The van der Waals surface area contributed by atoms with Gasteiger partial charge in [0, 0.05) is 27.2 Å². The first kappa shape index (κ1) is 37.6. The van der Waals surface area contributed by atoms with Crippen LogP contribution in [0.5, 0.6) is 0 Å². The average Bonchev–Trinajstić information content (AvgIpc) is 3.77. The van der Waals surface area contributed by atoms with Crippen LogP contribution in [0.4, 0.5) is 0 Å². The highest BCUT2D eigenvalue weighted by Crippen LogP contribution is 2.69. The summed E-state index contributed by atoms with van der Waals surface area (Å²) < 4.78 is 53.0. The summed E-state index contributed by atoms with van der Waals surface area (Å²) in [5.74, 6) is -7.29. The van der Waals surface area contributed by atoms with E-state index in [2.05, 4.69) is 0 Å². The number of carbonyl (C=O) groups excluding carboxylic acids is 6. The minimum Gasteiger partial charge on any atom is -0.472 e. The van der Waals surface area contributed by atoms with Gasteiger partial charge in [-0.15, -0.1) is 0 Å². The molecule has 3 heterocycles. The van der Waals surface area contributed by atoms with Crippen LogP contribution < -0.4 is 0 Å². The number of rotatable bonds is 10. The fourth-order valence-corrected chi connectivity index (χ4v) is 8.14. The van der Waals surface area contributed by atoms with Crippen LogP contribution in [0.25, 0.3) is 0 Å². The molecular formula is C35H42O16. The first-order valence-electron chi connectivity index (χ1n) is 16.4. The monoisotopic (exact) mass is 718 g/mol. The summed E-state index contributed by atoms with van der Waals surface area (Å²) in [4.78, 5) is 79.6. The Balaban J connectivity index is 1.91. The maximum atomic E-state index is 14.0. The van der Waals surface area contributed by atoms with Gasteiger partial charge in [0.15, 0.2) is 17.8 Å². The van der Waals surface area contributed by atoms with E-state index in [9.17, 15) is 33.9 Å². The largest absolute Gasteiger partial charge is 0.472 e. The van der Waals surface area contributed by atoms with Crippen molar-refractivity contribution < 1.29 is 75.9 Å². The molecule has 0 amide bonds. The second-order valence-electron chi connectivity index (χ2n) is 14.2. The number of furan rings is 2. The SMILES string of the molecule is CC(=O)OC1[C@H]2[C@@H](OC(=O)c3ccoc3)[C@H](OC(=O)c3ccoc3)[C@]3(COC(=O)C(C)C)[C@@H](OC(C)=O)[C@@H](OC(C)=O)C[C@](C)(O)[C@@]13OC2(C)C. The minimum atomic E-state index is -2.35. The molecule has 1 saturated heterocycles. The summed E-state index contributed by atoms with van der Waals surface area (Å²) in [7, 11) is 0. The van der Waals surface area contributed by atoms with E-state index in [4.69, 9.17) is 42.0 Å². The molecule has 0 aromatic carbocycles. The van der Waals surface area contributed by atoms with E-state index in [0.717, 1.165) is 33.3 Å². The Labute approximate surface area is 292 Å². The van der Waals surface area contributed by atoms with Crippen molar-refractivity contribution in [2.75, 3.05) is 6.61 Å². The minimum absolute atomic E-state index is 0.0437. The molecule has 3 aliphatic rings. The fourth-order valence-electron chi connectivity index (χ4n) is 8.14. The molecule has 2 bridgehead atoms. The van der Waals surface area contributed by atoms with Gasteiger partial charge in [-0.25, -0.2) is 9.59 Å². The highest BCUT2D eigenvalue weighted by Gasteiger charge is 2.89. The standard InChI is InChI=1S/C35H42O16/c1-17(2)29(39)45-16-34-26(47-19(4)37)23(46-18(3)36)13-33(8,42)35(34)27(48-20(5)38)24(32(6,7)51-35)25(49-30(40)21-9-11-43-14-21)28(34)50-31(41)22-10-12-44-15-22/h9-12,14-15,17,23-28,42H,13,16H2,1-8H3/t23-,24+,25+,26-,27?,28-,33-,34-,35-/m0/s1. The first-order valence-corrected chi connectivity index (χ1v) is 16.4. The summed E-state index contributed by atoms with van der Waals surface area (Å²) in [5.41, 5.74) is -8.47. The highest BCUT2D eigenvalue weighted by molar-refractivity contribution is 5.90. The highest BCUT2D eigenvalue weighted by atomic mass is 16.7. The Hall–Kier alpha value is -4.70. The summed E-state index contributed by atoms with van der Waals surface area (Å²) >= 11 is 0. The second-order valence-corrected chi connectivity index (χ2v) is 14.2. The third kappa shape index (κ3) is 6.28. The summed E-state index contributed by atoms with van der Waals surface area (Å²) in [6, 6.07) is 2.63. The van der Waals surface area contributed by atoms with Gasteiger partial charge in [0.1, 0.15) is 42.9 Å². The molecule has 1 N–H and O–H groups in total. The maximum Gasteiger partial charge on any atom is 0.341 e. The zero-order chi connectivity index (χ0) is 37.7. The topological polar surface area (TPSA) is 214 Å². The predicted molar refractivity (Wildman–Crippen MR) is 167 cm³/mol. The van der Waals surface area contributed by atoms with Crippen molar-refractivity contribution in [3.8, 4) is 0 Å². The van der Waals surface area contributed by atoms with Crippen molar-refractivity contribution in [3.05, 3.63) is 48.3 Å². The number of ether oxygens (including phenoxy) is 7. The van der Waals surface area contributed by atoms with E-state index in [1.165, 1.54) is 31.6 Å². The van der Waals surface area contributed by atoms with Crippen LogP contribution >= 0.6 is 0 Å². The van der Waals surface area contributed by atoms with E-state index in [-0.39, 0.29) is 11.1 Å². The van der Waals surface area contributed by atoms with Crippen LogP contribution in [0.15, 0.2) is 46.0 Å². The van der Waals surface area contributed by atoms with Gasteiger partial charge in [-0.1, -0.05) is 13.8 Å². The van der Waals surface area contributed by atoms with E-state index >= 15 is 0 Å². The van der Waals surface area contributed by atoms with Gasteiger partial charge >= 0.3 is 35.8 Å². The third-order valence-electron chi connectivity index (χ3n) is 9.87. The van der Waals surface area contributed by atoms with Gasteiger partial charge < -0.3 is 47.1 Å². The molecule has 0 radical (unpaired) electrons. The molecule has 5 rings (SSSR count). The number of fused-ring (bicyclic) bond motifs is 1. The summed E-state index contributed by atoms with van der Waals surface area (Å²) in [6.45, 7) is 10.0. The van der Waals surface area contributed by atoms with E-state index in [1.807, 2.05) is 0 Å². The molecule has 2 aromatic rings. The van der Waals surface area contributed by atoms with Crippen molar-refractivity contribution in [2.24, 2.45) is 17.3 Å². The van der Waals surface area contributed by atoms with Crippen LogP contribution in [-0.2, 0) is 52.3 Å². The molecule has 2 aliphatic carbocycles. The van der Waals surface area contributed by atoms with E-state index < -0.39 is 113 Å². The molecule has 51 heavy (non-hydrogen) atoms. The summed E-state index contributed by atoms with van der Waals surface area (Å²) in [5, 5.41) is 12.7. The van der Waals surface area contributed by atoms with Gasteiger partial charge in [-0.05, 0) is 32.9 Å². The Morgan fingerprint density at radius 3 is 1.80 bits per heavy atom. The van der Waals surface area contributed by atoms with Crippen molar-refractivity contribution in [1.82, 2.24) is 0 Å². The lowest BCUT2D eigenvalue weighted by atomic mass is 9.45. The van der Waals surface area contributed by atoms with Crippen LogP contribution in [0.3, 0.4) is 0 Å². The molecule has 16 nitrogen and oxygen atoms in total. The molecule has 278 valence electrons. The van der Waals surface area contributed by atoms with E-state index in [0.29, 0.717) is 0 Å². The molecule has 1 unspecified atom stereocenters. The number of carbonyl (C=O) groups is 6. The number of hydrogen-bond acceptors (Lipinski definition) is 16. The van der Waals surface area contributed by atoms with Crippen molar-refractivity contribution >= 4 is 35.8 Å². The Kier molecular flexibility index (Phi) is 9.90. The number of esters is 6. The van der Waals surface area contributed by atoms with Crippen molar-refractivity contribution in [3.63, 3.8) is 0 Å². The third-order valence-corrected chi connectivity index (χ3v) is 9.87. The maximum absolute atomic E-state index is 14.0. The molecule has 2 saturated carbocycles. The van der Waals surface area contributed by atoms with Gasteiger partial charge in [0.2, 0.25) is 0 Å². The fraction of sp³-hybridized carbons (Fsp3) is 0.600.